The van der Waals surface area contributed by atoms with Crippen LogP contribution in [0.4, 0.5) is 5.69 Å². The number of carbonyl (C=O) groups is 1. The van der Waals surface area contributed by atoms with E-state index in [1.165, 1.54) is 23.9 Å². The van der Waals surface area contributed by atoms with Crippen LogP contribution in [0, 0.1) is 17.0 Å². The number of aromatic carboxylic acids is 1. The summed E-state index contributed by atoms with van der Waals surface area (Å²) < 4.78 is 0. The molecule has 0 radical (unpaired) electrons. The Morgan fingerprint density at radius 1 is 1.20 bits per heavy atom. The summed E-state index contributed by atoms with van der Waals surface area (Å²) in [6.07, 6.45) is 0. The number of non-ortho nitro benzene ring substituents is 1. The van der Waals surface area contributed by atoms with Crippen molar-refractivity contribution in [3.05, 3.63) is 63.7 Å². The SMILES string of the molecule is Cc1ccc(Sc2cccc([N+](=O)[O-])c2)cc1C(=O)O. The van der Waals surface area contributed by atoms with Gasteiger partial charge in [-0.1, -0.05) is 23.9 Å². The average Bonchev–Trinajstić information content (AvgIpc) is 2.41. The molecule has 0 unspecified atom stereocenters. The number of carboxylic acid groups (broad SMARTS) is 1. The van der Waals surface area contributed by atoms with E-state index in [0.717, 1.165) is 4.90 Å². The van der Waals surface area contributed by atoms with Gasteiger partial charge in [-0.2, -0.15) is 0 Å². The lowest BCUT2D eigenvalue weighted by Crippen LogP contribution is -1.99. The second kappa shape index (κ2) is 5.75. The topological polar surface area (TPSA) is 80.4 Å². The number of nitro benzene ring substituents is 1. The molecule has 0 saturated heterocycles. The maximum absolute atomic E-state index is 11.1. The maximum Gasteiger partial charge on any atom is 0.335 e. The number of aryl methyl sites for hydroxylation is 1. The molecule has 0 aliphatic heterocycles. The van der Waals surface area contributed by atoms with Crippen molar-refractivity contribution in [1.29, 1.82) is 0 Å². The number of hydrogen-bond donors (Lipinski definition) is 1. The van der Waals surface area contributed by atoms with Gasteiger partial charge < -0.3 is 5.11 Å². The zero-order chi connectivity index (χ0) is 14.7. The van der Waals surface area contributed by atoms with E-state index in [2.05, 4.69) is 0 Å². The number of rotatable bonds is 4. The molecular weight excluding hydrogens is 278 g/mol. The van der Waals surface area contributed by atoms with Crippen molar-refractivity contribution >= 4 is 23.4 Å². The Morgan fingerprint density at radius 3 is 2.55 bits per heavy atom. The minimum atomic E-state index is -0.982. The molecule has 2 rings (SSSR count). The molecule has 0 aliphatic carbocycles. The minimum Gasteiger partial charge on any atom is -0.478 e. The third-order valence-corrected chi connectivity index (χ3v) is 3.68. The Hall–Kier alpha value is -2.34. The minimum absolute atomic E-state index is 0.0144. The molecule has 102 valence electrons. The molecule has 0 spiro atoms. The van der Waals surface area contributed by atoms with E-state index in [0.29, 0.717) is 10.5 Å². The quantitative estimate of drug-likeness (QED) is 0.684. The summed E-state index contributed by atoms with van der Waals surface area (Å²) in [5.74, 6) is -0.982. The number of carboxylic acids is 1. The van der Waals surface area contributed by atoms with E-state index in [1.54, 1.807) is 37.3 Å². The van der Waals surface area contributed by atoms with Gasteiger partial charge in [0, 0.05) is 21.9 Å². The van der Waals surface area contributed by atoms with Crippen molar-refractivity contribution in [1.82, 2.24) is 0 Å². The van der Waals surface area contributed by atoms with Crippen LogP contribution in [0.25, 0.3) is 0 Å². The lowest BCUT2D eigenvalue weighted by atomic mass is 10.1. The molecule has 0 saturated carbocycles. The number of nitro groups is 1. The molecule has 0 heterocycles. The number of hydrogen-bond acceptors (Lipinski definition) is 4. The average molecular weight is 289 g/mol. The summed E-state index contributed by atoms with van der Waals surface area (Å²) in [6, 6.07) is 11.3. The van der Waals surface area contributed by atoms with Crippen LogP contribution in [-0.2, 0) is 0 Å². The van der Waals surface area contributed by atoms with Gasteiger partial charge in [0.1, 0.15) is 0 Å². The van der Waals surface area contributed by atoms with Crippen LogP contribution in [0.2, 0.25) is 0 Å². The van der Waals surface area contributed by atoms with Gasteiger partial charge in [0.2, 0.25) is 0 Å². The first-order valence-corrected chi connectivity index (χ1v) is 6.55. The molecule has 0 aliphatic rings. The molecule has 5 nitrogen and oxygen atoms in total. The standard InChI is InChI=1S/C14H11NO4S/c1-9-5-6-12(8-13(9)14(16)17)20-11-4-2-3-10(7-11)15(18)19/h2-8H,1H3,(H,16,17). The van der Waals surface area contributed by atoms with Gasteiger partial charge in [-0.05, 0) is 30.7 Å². The fraction of sp³-hybridized carbons (Fsp3) is 0.0714. The van der Waals surface area contributed by atoms with Crippen molar-refractivity contribution in [2.45, 2.75) is 16.7 Å². The first-order chi connectivity index (χ1) is 9.47. The highest BCUT2D eigenvalue weighted by Crippen LogP contribution is 2.31. The lowest BCUT2D eigenvalue weighted by Gasteiger charge is -2.05. The van der Waals surface area contributed by atoms with Crippen LogP contribution in [0.3, 0.4) is 0 Å². The van der Waals surface area contributed by atoms with Crippen LogP contribution in [0.1, 0.15) is 15.9 Å². The highest BCUT2D eigenvalue weighted by Gasteiger charge is 2.10. The number of nitrogens with zero attached hydrogens (tertiary/aromatic N) is 1. The molecule has 0 amide bonds. The Labute approximate surface area is 119 Å². The Kier molecular flexibility index (Phi) is 4.05. The highest BCUT2D eigenvalue weighted by atomic mass is 32.2. The fourth-order valence-electron chi connectivity index (χ4n) is 1.69. The fourth-order valence-corrected chi connectivity index (χ4v) is 2.60. The van der Waals surface area contributed by atoms with Crippen molar-refractivity contribution in [3.63, 3.8) is 0 Å². The first kappa shape index (κ1) is 14.1. The summed E-state index contributed by atoms with van der Waals surface area (Å²) in [7, 11) is 0. The predicted octanol–water partition coefficient (Wildman–Crippen LogP) is 3.75. The highest BCUT2D eigenvalue weighted by molar-refractivity contribution is 7.99. The zero-order valence-electron chi connectivity index (χ0n) is 10.6. The summed E-state index contributed by atoms with van der Waals surface area (Å²) in [6.45, 7) is 1.73. The molecule has 0 atom stereocenters. The Balaban J connectivity index is 2.30. The molecular formula is C14H11NO4S. The van der Waals surface area contributed by atoms with Gasteiger partial charge in [0.15, 0.2) is 0 Å². The molecule has 20 heavy (non-hydrogen) atoms. The van der Waals surface area contributed by atoms with E-state index in [1.807, 2.05) is 0 Å². The van der Waals surface area contributed by atoms with Crippen LogP contribution in [-0.4, -0.2) is 16.0 Å². The smallest absolute Gasteiger partial charge is 0.335 e. The normalized spacial score (nSPS) is 10.2. The van der Waals surface area contributed by atoms with E-state index in [-0.39, 0.29) is 11.3 Å². The van der Waals surface area contributed by atoms with E-state index >= 15 is 0 Å². The number of benzene rings is 2. The van der Waals surface area contributed by atoms with Crippen molar-refractivity contribution in [2.75, 3.05) is 0 Å². The molecule has 2 aromatic carbocycles. The molecule has 2 aromatic rings. The van der Waals surface area contributed by atoms with E-state index in [9.17, 15) is 14.9 Å². The zero-order valence-corrected chi connectivity index (χ0v) is 11.4. The van der Waals surface area contributed by atoms with Crippen molar-refractivity contribution in [3.8, 4) is 0 Å². The predicted molar refractivity (Wildman–Crippen MR) is 75.4 cm³/mol. The third-order valence-electron chi connectivity index (χ3n) is 2.70. The Bertz CT molecular complexity index is 685. The summed E-state index contributed by atoms with van der Waals surface area (Å²) in [5, 5.41) is 19.8. The van der Waals surface area contributed by atoms with Crippen LogP contribution >= 0.6 is 11.8 Å². The maximum atomic E-state index is 11.1. The van der Waals surface area contributed by atoms with Gasteiger partial charge in [0.25, 0.3) is 5.69 Å². The van der Waals surface area contributed by atoms with E-state index < -0.39 is 10.9 Å². The Morgan fingerprint density at radius 2 is 1.90 bits per heavy atom. The molecule has 6 heteroatoms. The third kappa shape index (κ3) is 3.16. The second-order valence-electron chi connectivity index (χ2n) is 4.14. The summed E-state index contributed by atoms with van der Waals surface area (Å²) in [4.78, 5) is 22.8. The van der Waals surface area contributed by atoms with Crippen molar-refractivity contribution < 1.29 is 14.8 Å². The lowest BCUT2D eigenvalue weighted by molar-refractivity contribution is -0.385. The molecule has 0 aromatic heterocycles. The van der Waals surface area contributed by atoms with Crippen LogP contribution in [0.5, 0.6) is 0 Å². The van der Waals surface area contributed by atoms with Crippen LogP contribution < -0.4 is 0 Å². The van der Waals surface area contributed by atoms with Crippen molar-refractivity contribution in [2.24, 2.45) is 0 Å². The van der Waals surface area contributed by atoms with Gasteiger partial charge in [-0.3, -0.25) is 10.1 Å². The van der Waals surface area contributed by atoms with Crippen LogP contribution in [0.15, 0.2) is 52.3 Å². The molecule has 1 N–H and O–H groups in total. The molecule has 0 fully saturated rings. The van der Waals surface area contributed by atoms with E-state index in [4.69, 9.17) is 5.11 Å². The summed E-state index contributed by atoms with van der Waals surface area (Å²) in [5.41, 5.74) is 0.932. The summed E-state index contributed by atoms with van der Waals surface area (Å²) >= 11 is 1.29. The van der Waals surface area contributed by atoms with Gasteiger partial charge in [-0.15, -0.1) is 0 Å². The second-order valence-corrected chi connectivity index (χ2v) is 5.29. The van der Waals surface area contributed by atoms with Gasteiger partial charge in [0.05, 0.1) is 10.5 Å². The monoisotopic (exact) mass is 289 g/mol. The van der Waals surface area contributed by atoms with Gasteiger partial charge >= 0.3 is 5.97 Å². The van der Waals surface area contributed by atoms with Gasteiger partial charge in [-0.25, -0.2) is 4.79 Å². The largest absolute Gasteiger partial charge is 0.478 e. The first-order valence-electron chi connectivity index (χ1n) is 5.73. The molecule has 0 bridgehead atoms.